The maximum Gasteiger partial charge on any atom is 0.238 e. The number of benzene rings is 2. The molecule has 4 nitrogen and oxygen atoms in total. The molecular formula is C12H8ClF2NO3S. The lowest BCUT2D eigenvalue weighted by Gasteiger charge is -2.08. The van der Waals surface area contributed by atoms with E-state index in [1.807, 2.05) is 0 Å². The van der Waals surface area contributed by atoms with Crippen LogP contribution in [0.5, 0.6) is 11.5 Å². The standard InChI is InChI=1S/C12H8ClF2NO3S/c13-9-6-8(20(16,17)18)2-4-12(9)19-7-1-3-10(14)11(15)5-7/h1-6H,(H2,16,17,18). The predicted molar refractivity (Wildman–Crippen MR) is 69.3 cm³/mol. The molecule has 20 heavy (non-hydrogen) atoms. The molecule has 0 aliphatic heterocycles. The van der Waals surface area contributed by atoms with Gasteiger partial charge in [0.25, 0.3) is 0 Å². The quantitative estimate of drug-likeness (QED) is 0.945. The summed E-state index contributed by atoms with van der Waals surface area (Å²) in [6.45, 7) is 0. The van der Waals surface area contributed by atoms with Gasteiger partial charge in [0, 0.05) is 6.07 Å². The number of sulfonamides is 1. The predicted octanol–water partition coefficient (Wildman–Crippen LogP) is 3.06. The molecule has 0 amide bonds. The lowest BCUT2D eigenvalue weighted by atomic mass is 10.3. The van der Waals surface area contributed by atoms with Crippen molar-refractivity contribution in [2.45, 2.75) is 4.90 Å². The van der Waals surface area contributed by atoms with E-state index in [4.69, 9.17) is 21.5 Å². The average Bonchev–Trinajstić information content (AvgIpc) is 2.35. The minimum absolute atomic E-state index is 0.0224. The number of primary sulfonamides is 1. The molecule has 106 valence electrons. The van der Waals surface area contributed by atoms with Crippen LogP contribution in [0, 0.1) is 11.6 Å². The molecule has 0 saturated carbocycles. The Morgan fingerprint density at radius 3 is 2.30 bits per heavy atom. The van der Waals surface area contributed by atoms with Crippen molar-refractivity contribution in [3.05, 3.63) is 53.1 Å². The number of ether oxygens (including phenoxy) is 1. The molecule has 0 aromatic heterocycles. The Labute approximate surface area is 118 Å². The highest BCUT2D eigenvalue weighted by Gasteiger charge is 2.12. The molecule has 8 heteroatoms. The van der Waals surface area contributed by atoms with E-state index in [0.717, 1.165) is 18.2 Å². The van der Waals surface area contributed by atoms with Crippen LogP contribution < -0.4 is 9.88 Å². The molecule has 0 fully saturated rings. The molecule has 0 radical (unpaired) electrons. The van der Waals surface area contributed by atoms with Crippen molar-refractivity contribution in [2.75, 3.05) is 0 Å². The van der Waals surface area contributed by atoms with Crippen LogP contribution in [-0.2, 0) is 10.0 Å². The summed E-state index contributed by atoms with van der Waals surface area (Å²) in [5, 5.41) is 4.92. The average molecular weight is 320 g/mol. The Bertz CT molecular complexity index is 765. The van der Waals surface area contributed by atoms with E-state index in [1.165, 1.54) is 18.2 Å². The largest absolute Gasteiger partial charge is 0.456 e. The van der Waals surface area contributed by atoms with Crippen LogP contribution in [0.15, 0.2) is 41.3 Å². The van der Waals surface area contributed by atoms with E-state index >= 15 is 0 Å². The van der Waals surface area contributed by atoms with E-state index in [1.54, 1.807) is 0 Å². The molecule has 2 N–H and O–H groups in total. The maximum absolute atomic E-state index is 13.0. The van der Waals surface area contributed by atoms with Crippen molar-refractivity contribution >= 4 is 21.6 Å². The molecule has 2 aromatic rings. The van der Waals surface area contributed by atoms with Gasteiger partial charge in [0.05, 0.1) is 9.92 Å². The first-order chi connectivity index (χ1) is 9.27. The van der Waals surface area contributed by atoms with Gasteiger partial charge in [0.15, 0.2) is 11.6 Å². The molecule has 2 rings (SSSR count). The minimum atomic E-state index is -3.88. The minimum Gasteiger partial charge on any atom is -0.456 e. The highest BCUT2D eigenvalue weighted by Crippen LogP contribution is 2.31. The monoisotopic (exact) mass is 319 g/mol. The van der Waals surface area contributed by atoms with Crippen LogP contribution in [-0.4, -0.2) is 8.42 Å². The molecule has 0 aliphatic rings. The lowest BCUT2D eigenvalue weighted by Crippen LogP contribution is -2.11. The fraction of sp³-hybridized carbons (Fsp3) is 0. The zero-order valence-electron chi connectivity index (χ0n) is 9.81. The number of hydrogen-bond donors (Lipinski definition) is 1. The first-order valence-corrected chi connectivity index (χ1v) is 7.15. The summed E-state index contributed by atoms with van der Waals surface area (Å²) < 4.78 is 53.3. The molecule has 0 saturated heterocycles. The SMILES string of the molecule is NS(=O)(=O)c1ccc(Oc2ccc(F)c(F)c2)c(Cl)c1. The molecule has 2 aromatic carbocycles. The lowest BCUT2D eigenvalue weighted by molar-refractivity contribution is 0.461. The van der Waals surface area contributed by atoms with Gasteiger partial charge in [0.1, 0.15) is 11.5 Å². The van der Waals surface area contributed by atoms with Crippen molar-refractivity contribution in [1.29, 1.82) is 0 Å². The van der Waals surface area contributed by atoms with Crippen LogP contribution in [0.25, 0.3) is 0 Å². The van der Waals surface area contributed by atoms with Gasteiger partial charge in [-0.2, -0.15) is 0 Å². The first kappa shape index (κ1) is 14.7. The van der Waals surface area contributed by atoms with Crippen molar-refractivity contribution < 1.29 is 21.9 Å². The van der Waals surface area contributed by atoms with Gasteiger partial charge < -0.3 is 4.74 Å². The smallest absolute Gasteiger partial charge is 0.238 e. The van der Waals surface area contributed by atoms with Gasteiger partial charge in [-0.15, -0.1) is 0 Å². The van der Waals surface area contributed by atoms with Crippen LogP contribution in [0.2, 0.25) is 5.02 Å². The summed E-state index contributed by atoms with van der Waals surface area (Å²) in [6.07, 6.45) is 0. The third-order valence-electron chi connectivity index (χ3n) is 2.35. The highest BCUT2D eigenvalue weighted by molar-refractivity contribution is 7.89. The maximum atomic E-state index is 13.0. The zero-order chi connectivity index (χ0) is 14.9. The Balaban J connectivity index is 2.32. The van der Waals surface area contributed by atoms with Crippen molar-refractivity contribution in [3.8, 4) is 11.5 Å². The van der Waals surface area contributed by atoms with Gasteiger partial charge in [0.2, 0.25) is 10.0 Å². The van der Waals surface area contributed by atoms with E-state index in [2.05, 4.69) is 0 Å². The molecule has 0 bridgehead atoms. The Morgan fingerprint density at radius 1 is 1.05 bits per heavy atom. The van der Waals surface area contributed by atoms with Crippen LogP contribution in [0.3, 0.4) is 0 Å². The zero-order valence-corrected chi connectivity index (χ0v) is 11.4. The second-order valence-electron chi connectivity index (χ2n) is 3.82. The normalized spacial score (nSPS) is 11.4. The molecular weight excluding hydrogens is 312 g/mol. The summed E-state index contributed by atoms with van der Waals surface area (Å²) in [4.78, 5) is -0.180. The summed E-state index contributed by atoms with van der Waals surface area (Å²) >= 11 is 5.84. The Morgan fingerprint density at radius 2 is 1.75 bits per heavy atom. The number of nitrogens with two attached hydrogens (primary N) is 1. The van der Waals surface area contributed by atoms with Crippen molar-refractivity contribution in [1.82, 2.24) is 0 Å². The van der Waals surface area contributed by atoms with Gasteiger partial charge in [-0.05, 0) is 30.3 Å². The first-order valence-electron chi connectivity index (χ1n) is 5.22. The molecule has 0 heterocycles. The van der Waals surface area contributed by atoms with Crippen molar-refractivity contribution in [2.24, 2.45) is 5.14 Å². The van der Waals surface area contributed by atoms with E-state index in [-0.39, 0.29) is 21.4 Å². The summed E-state index contributed by atoms with van der Waals surface area (Å²) in [5.41, 5.74) is 0. The van der Waals surface area contributed by atoms with E-state index in [0.29, 0.717) is 0 Å². The Hall–Kier alpha value is -1.70. The number of halogens is 3. The number of hydrogen-bond acceptors (Lipinski definition) is 3. The van der Waals surface area contributed by atoms with Gasteiger partial charge >= 0.3 is 0 Å². The fourth-order valence-electron chi connectivity index (χ4n) is 1.41. The molecule has 0 spiro atoms. The summed E-state index contributed by atoms with van der Waals surface area (Å²) in [5.74, 6) is -1.97. The fourth-order valence-corrected chi connectivity index (χ4v) is 2.23. The van der Waals surface area contributed by atoms with Crippen LogP contribution >= 0.6 is 11.6 Å². The molecule has 0 atom stereocenters. The second-order valence-corrected chi connectivity index (χ2v) is 5.78. The summed E-state index contributed by atoms with van der Waals surface area (Å²) in [7, 11) is -3.88. The third kappa shape index (κ3) is 3.24. The second kappa shape index (κ2) is 5.35. The van der Waals surface area contributed by atoms with Crippen molar-refractivity contribution in [3.63, 3.8) is 0 Å². The highest BCUT2D eigenvalue weighted by atomic mass is 35.5. The van der Waals surface area contributed by atoms with E-state index in [9.17, 15) is 17.2 Å². The van der Waals surface area contributed by atoms with Crippen LogP contribution in [0.1, 0.15) is 0 Å². The molecule has 0 unspecified atom stereocenters. The topological polar surface area (TPSA) is 69.4 Å². The molecule has 0 aliphatic carbocycles. The van der Waals surface area contributed by atoms with E-state index < -0.39 is 21.7 Å². The Kier molecular flexibility index (Phi) is 3.94. The van der Waals surface area contributed by atoms with Gasteiger partial charge in [-0.3, -0.25) is 0 Å². The van der Waals surface area contributed by atoms with Gasteiger partial charge in [-0.25, -0.2) is 22.3 Å². The third-order valence-corrected chi connectivity index (χ3v) is 3.56. The summed E-state index contributed by atoms with van der Waals surface area (Å²) in [6, 6.07) is 6.52. The van der Waals surface area contributed by atoms with Gasteiger partial charge in [-0.1, -0.05) is 11.6 Å². The van der Waals surface area contributed by atoms with Crippen LogP contribution in [0.4, 0.5) is 8.78 Å². The number of rotatable bonds is 3.